The molecular formula is C8H17NO3. The van der Waals surface area contributed by atoms with E-state index in [-0.39, 0.29) is 18.8 Å². The van der Waals surface area contributed by atoms with Crippen LogP contribution < -0.4 is 5.73 Å². The van der Waals surface area contributed by atoms with Gasteiger partial charge in [-0.15, -0.1) is 0 Å². The number of amides is 1. The predicted octanol–water partition coefficient (Wildman–Crippen LogP) is 0.302. The van der Waals surface area contributed by atoms with Crippen LogP contribution in [-0.4, -0.2) is 31.3 Å². The van der Waals surface area contributed by atoms with E-state index in [2.05, 4.69) is 0 Å². The number of primary amides is 1. The first kappa shape index (κ1) is 11.4. The molecular weight excluding hydrogens is 158 g/mol. The van der Waals surface area contributed by atoms with Gasteiger partial charge < -0.3 is 15.2 Å². The van der Waals surface area contributed by atoms with Gasteiger partial charge in [-0.05, 0) is 20.8 Å². The minimum atomic E-state index is -0.452. The van der Waals surface area contributed by atoms with Gasteiger partial charge in [0.25, 0.3) is 0 Å². The molecule has 1 amide bonds. The van der Waals surface area contributed by atoms with E-state index in [0.29, 0.717) is 6.61 Å². The van der Waals surface area contributed by atoms with Gasteiger partial charge in [0.1, 0.15) is 6.61 Å². The summed E-state index contributed by atoms with van der Waals surface area (Å²) < 4.78 is 10.3. The zero-order chi connectivity index (χ0) is 9.56. The fourth-order valence-corrected chi connectivity index (χ4v) is 0.600. The molecule has 0 aliphatic carbocycles. The zero-order valence-corrected chi connectivity index (χ0v) is 7.87. The first-order chi connectivity index (χ1) is 5.52. The first-order valence-corrected chi connectivity index (χ1v) is 4.04. The zero-order valence-electron chi connectivity index (χ0n) is 7.87. The number of rotatable bonds is 6. The Labute approximate surface area is 73.0 Å². The lowest BCUT2D eigenvalue weighted by Gasteiger charge is -2.13. The van der Waals surface area contributed by atoms with Gasteiger partial charge in [-0.3, -0.25) is 4.79 Å². The Morgan fingerprint density at radius 1 is 1.33 bits per heavy atom. The quantitative estimate of drug-likeness (QED) is 0.631. The largest absolute Gasteiger partial charge is 0.376 e. The summed E-state index contributed by atoms with van der Waals surface area (Å²) in [7, 11) is 0. The first-order valence-electron chi connectivity index (χ1n) is 4.04. The fraction of sp³-hybridized carbons (Fsp3) is 0.875. The molecule has 0 aromatic heterocycles. The van der Waals surface area contributed by atoms with Crippen molar-refractivity contribution in [2.75, 3.05) is 13.2 Å². The number of carbonyl (C=O) groups excluding carboxylic acids is 1. The van der Waals surface area contributed by atoms with E-state index in [1.807, 2.05) is 20.8 Å². The average molecular weight is 175 g/mol. The third-order valence-electron chi connectivity index (χ3n) is 1.17. The van der Waals surface area contributed by atoms with Crippen LogP contribution in [0.3, 0.4) is 0 Å². The molecule has 0 fully saturated rings. The molecule has 4 heteroatoms. The summed E-state index contributed by atoms with van der Waals surface area (Å²) in [5, 5.41) is 0. The van der Waals surface area contributed by atoms with Crippen molar-refractivity contribution in [3.63, 3.8) is 0 Å². The van der Waals surface area contributed by atoms with E-state index < -0.39 is 5.91 Å². The maximum Gasteiger partial charge on any atom is 0.243 e. The van der Waals surface area contributed by atoms with Gasteiger partial charge in [-0.25, -0.2) is 0 Å². The van der Waals surface area contributed by atoms with Crippen molar-refractivity contribution in [2.45, 2.75) is 33.0 Å². The summed E-state index contributed by atoms with van der Waals surface area (Å²) >= 11 is 0. The topological polar surface area (TPSA) is 61.6 Å². The molecule has 1 unspecified atom stereocenters. The summed E-state index contributed by atoms with van der Waals surface area (Å²) in [5.74, 6) is -0.452. The Hall–Kier alpha value is -0.610. The van der Waals surface area contributed by atoms with Crippen molar-refractivity contribution in [3.05, 3.63) is 0 Å². The highest BCUT2D eigenvalue weighted by Crippen LogP contribution is 1.95. The van der Waals surface area contributed by atoms with Crippen molar-refractivity contribution < 1.29 is 14.3 Å². The molecule has 0 rings (SSSR count). The molecule has 72 valence electrons. The molecule has 4 nitrogen and oxygen atoms in total. The summed E-state index contributed by atoms with van der Waals surface area (Å²) in [6.45, 7) is 6.18. The molecule has 0 radical (unpaired) electrons. The SMILES string of the molecule is CC(C)OCC(C)OCC(N)=O. The maximum absolute atomic E-state index is 10.3. The molecule has 0 aliphatic rings. The van der Waals surface area contributed by atoms with Crippen LogP contribution in [0, 0.1) is 0 Å². The van der Waals surface area contributed by atoms with E-state index in [1.54, 1.807) is 0 Å². The highest BCUT2D eigenvalue weighted by molar-refractivity contribution is 5.74. The number of hydrogen-bond donors (Lipinski definition) is 1. The number of carbonyl (C=O) groups is 1. The summed E-state index contributed by atoms with van der Waals surface area (Å²) in [4.78, 5) is 10.3. The summed E-state index contributed by atoms with van der Waals surface area (Å²) in [6.07, 6.45) is 0.101. The van der Waals surface area contributed by atoms with Crippen molar-refractivity contribution in [3.8, 4) is 0 Å². The van der Waals surface area contributed by atoms with Crippen LogP contribution in [0.1, 0.15) is 20.8 Å². The monoisotopic (exact) mass is 175 g/mol. The molecule has 1 atom stereocenters. The van der Waals surface area contributed by atoms with Gasteiger partial charge in [-0.1, -0.05) is 0 Å². The standard InChI is InChI=1S/C8H17NO3/c1-6(2)11-4-7(3)12-5-8(9)10/h6-7H,4-5H2,1-3H3,(H2,9,10). The predicted molar refractivity (Wildman–Crippen MR) is 45.7 cm³/mol. The van der Waals surface area contributed by atoms with Crippen LogP contribution in [0.4, 0.5) is 0 Å². The van der Waals surface area contributed by atoms with Gasteiger partial charge in [0.05, 0.1) is 18.8 Å². The van der Waals surface area contributed by atoms with Crippen LogP contribution in [0.25, 0.3) is 0 Å². The Balaban J connectivity index is 3.33. The van der Waals surface area contributed by atoms with Gasteiger partial charge >= 0.3 is 0 Å². The van der Waals surface area contributed by atoms with Crippen molar-refractivity contribution in [1.29, 1.82) is 0 Å². The van der Waals surface area contributed by atoms with Crippen LogP contribution >= 0.6 is 0 Å². The third kappa shape index (κ3) is 7.50. The fourth-order valence-electron chi connectivity index (χ4n) is 0.600. The number of hydrogen-bond acceptors (Lipinski definition) is 3. The van der Waals surface area contributed by atoms with E-state index >= 15 is 0 Å². The second kappa shape index (κ2) is 5.97. The highest BCUT2D eigenvalue weighted by atomic mass is 16.5. The Morgan fingerprint density at radius 3 is 2.33 bits per heavy atom. The van der Waals surface area contributed by atoms with Gasteiger partial charge in [0.15, 0.2) is 0 Å². The normalized spacial score (nSPS) is 13.3. The smallest absolute Gasteiger partial charge is 0.243 e. The molecule has 0 aliphatic heterocycles. The molecule has 0 saturated heterocycles. The van der Waals surface area contributed by atoms with E-state index in [1.165, 1.54) is 0 Å². The molecule has 0 aromatic rings. The Bertz CT molecular complexity index is 136. The molecule has 0 saturated carbocycles. The van der Waals surface area contributed by atoms with E-state index in [0.717, 1.165) is 0 Å². The molecule has 12 heavy (non-hydrogen) atoms. The third-order valence-corrected chi connectivity index (χ3v) is 1.17. The van der Waals surface area contributed by atoms with Gasteiger partial charge in [0, 0.05) is 0 Å². The highest BCUT2D eigenvalue weighted by Gasteiger charge is 2.04. The second-order valence-electron chi connectivity index (χ2n) is 2.97. The minimum absolute atomic E-state index is 0.0391. The lowest BCUT2D eigenvalue weighted by molar-refractivity contribution is -0.125. The maximum atomic E-state index is 10.3. The van der Waals surface area contributed by atoms with Crippen molar-refractivity contribution in [1.82, 2.24) is 0 Å². The van der Waals surface area contributed by atoms with Gasteiger partial charge in [0.2, 0.25) is 5.91 Å². The van der Waals surface area contributed by atoms with E-state index in [4.69, 9.17) is 15.2 Å². The second-order valence-corrected chi connectivity index (χ2v) is 2.97. The van der Waals surface area contributed by atoms with Crippen LogP contribution in [-0.2, 0) is 14.3 Å². The summed E-state index contributed by atoms with van der Waals surface area (Å²) in [5.41, 5.74) is 4.89. The molecule has 0 spiro atoms. The van der Waals surface area contributed by atoms with Gasteiger partial charge in [-0.2, -0.15) is 0 Å². The van der Waals surface area contributed by atoms with Crippen LogP contribution in [0.2, 0.25) is 0 Å². The Kier molecular flexibility index (Phi) is 5.66. The van der Waals surface area contributed by atoms with Crippen LogP contribution in [0.15, 0.2) is 0 Å². The lowest BCUT2D eigenvalue weighted by atomic mass is 10.4. The molecule has 0 heterocycles. The molecule has 0 bridgehead atoms. The average Bonchev–Trinajstić information content (AvgIpc) is 1.96. The summed E-state index contributed by atoms with van der Waals surface area (Å²) in [6, 6.07) is 0. The lowest BCUT2D eigenvalue weighted by Crippen LogP contribution is -2.25. The minimum Gasteiger partial charge on any atom is -0.376 e. The number of ether oxygens (including phenoxy) is 2. The number of nitrogens with two attached hydrogens (primary N) is 1. The molecule has 2 N–H and O–H groups in total. The molecule has 0 aromatic carbocycles. The van der Waals surface area contributed by atoms with E-state index in [9.17, 15) is 4.79 Å². The van der Waals surface area contributed by atoms with Crippen molar-refractivity contribution >= 4 is 5.91 Å². The van der Waals surface area contributed by atoms with Crippen LogP contribution in [0.5, 0.6) is 0 Å². The Morgan fingerprint density at radius 2 is 1.92 bits per heavy atom. The van der Waals surface area contributed by atoms with Crippen molar-refractivity contribution in [2.24, 2.45) is 5.73 Å².